The molecule has 1 aliphatic heterocycles. The van der Waals surface area contributed by atoms with Gasteiger partial charge in [-0.15, -0.1) is 0 Å². The van der Waals surface area contributed by atoms with E-state index in [2.05, 4.69) is 15.3 Å². The Morgan fingerprint density at radius 3 is 2.90 bits per heavy atom. The van der Waals surface area contributed by atoms with Gasteiger partial charge in [0.25, 0.3) is 0 Å². The van der Waals surface area contributed by atoms with Crippen molar-refractivity contribution < 1.29 is 19.3 Å². The van der Waals surface area contributed by atoms with Crippen LogP contribution in [0.15, 0.2) is 30.5 Å². The third kappa shape index (κ3) is 4.72. The fourth-order valence-electron chi connectivity index (χ4n) is 3.78. The van der Waals surface area contributed by atoms with Crippen molar-refractivity contribution in [2.45, 2.75) is 25.7 Å². The lowest BCUT2D eigenvalue weighted by Gasteiger charge is -2.42. The van der Waals surface area contributed by atoms with Gasteiger partial charge in [0.15, 0.2) is 23.1 Å². The summed E-state index contributed by atoms with van der Waals surface area (Å²) in [7, 11) is 1.62. The van der Waals surface area contributed by atoms with Crippen molar-refractivity contribution in [3.05, 3.63) is 41.8 Å². The van der Waals surface area contributed by atoms with E-state index in [0.29, 0.717) is 42.6 Å². The summed E-state index contributed by atoms with van der Waals surface area (Å²) in [5.41, 5.74) is 1.51. The lowest BCUT2D eigenvalue weighted by atomic mass is 10.1. The van der Waals surface area contributed by atoms with Crippen LogP contribution in [0.4, 0.5) is 15.3 Å². The quantitative estimate of drug-likeness (QED) is 0.475. The Morgan fingerprint density at radius 1 is 1.35 bits per heavy atom. The molecule has 3 aromatic rings. The summed E-state index contributed by atoms with van der Waals surface area (Å²) in [4.78, 5) is 12.6. The summed E-state index contributed by atoms with van der Waals surface area (Å²) in [6.45, 7) is 3.54. The molecule has 0 spiro atoms. The second kappa shape index (κ2) is 9.31. The number of methoxy groups -OCH3 is 1. The number of rotatable bonds is 7. The minimum atomic E-state index is -0.913. The molecule has 0 aliphatic carbocycles. The average Bonchev–Trinajstić information content (AvgIpc) is 3.15. The second-order valence-corrected chi connectivity index (χ2v) is 8.56. The highest BCUT2D eigenvalue weighted by molar-refractivity contribution is 7.22. The summed E-state index contributed by atoms with van der Waals surface area (Å²) in [5.74, 6) is 0.671. The van der Waals surface area contributed by atoms with Crippen LogP contribution in [0.1, 0.15) is 12.5 Å². The SMILES string of the molecule is COc1ccc2nc(NC(O)N3CCN(c4ncc(CCO)cc4F)C[C@H]3C)sc2c1. The fourth-order valence-corrected chi connectivity index (χ4v) is 4.69. The lowest BCUT2D eigenvalue weighted by Crippen LogP contribution is -2.57. The first-order valence-electron chi connectivity index (χ1n) is 10.1. The Kier molecular flexibility index (Phi) is 6.51. The predicted molar refractivity (Wildman–Crippen MR) is 119 cm³/mol. The zero-order valence-electron chi connectivity index (χ0n) is 17.5. The second-order valence-electron chi connectivity index (χ2n) is 7.53. The number of nitrogens with one attached hydrogen (secondary N) is 1. The van der Waals surface area contributed by atoms with Crippen LogP contribution in [0.5, 0.6) is 5.75 Å². The number of nitrogens with zero attached hydrogens (tertiary/aromatic N) is 4. The molecule has 3 heterocycles. The monoisotopic (exact) mass is 447 g/mol. The summed E-state index contributed by atoms with van der Waals surface area (Å²) in [6, 6.07) is 7.04. The van der Waals surface area contributed by atoms with Gasteiger partial charge in [-0.05, 0) is 43.2 Å². The Balaban J connectivity index is 1.40. The zero-order valence-corrected chi connectivity index (χ0v) is 18.3. The number of fused-ring (bicyclic) bond motifs is 1. The molecule has 8 nitrogen and oxygen atoms in total. The lowest BCUT2D eigenvalue weighted by molar-refractivity contribution is -0.00547. The maximum Gasteiger partial charge on any atom is 0.186 e. The standard InChI is InChI=1S/C21H26FN5O3S/c1-13-12-26(19-16(22)9-14(5-8-28)11-23-19)6-7-27(13)21(29)25-20-24-17-4-3-15(30-2)10-18(17)31-20/h3-4,9-11,13,21,28-29H,5-8,12H2,1-2H3,(H,24,25)/t13-,21?/m1/s1. The van der Waals surface area contributed by atoms with Crippen molar-refractivity contribution >= 4 is 32.5 Å². The molecular formula is C21H26FN5O3S. The third-order valence-electron chi connectivity index (χ3n) is 5.42. The van der Waals surface area contributed by atoms with Crippen LogP contribution in [-0.2, 0) is 6.42 Å². The van der Waals surface area contributed by atoms with Crippen LogP contribution in [0.3, 0.4) is 0 Å². The number of aliphatic hydroxyl groups excluding tert-OH is 2. The van der Waals surface area contributed by atoms with Crippen molar-refractivity contribution in [2.24, 2.45) is 0 Å². The Hall–Kier alpha value is -2.53. The number of hydrogen-bond acceptors (Lipinski definition) is 9. The molecule has 1 unspecified atom stereocenters. The van der Waals surface area contributed by atoms with Gasteiger partial charge in [0, 0.05) is 38.5 Å². The van der Waals surface area contributed by atoms with Crippen LogP contribution in [-0.4, -0.2) is 70.8 Å². The van der Waals surface area contributed by atoms with Gasteiger partial charge in [0.05, 0.1) is 17.3 Å². The van der Waals surface area contributed by atoms with Crippen molar-refractivity contribution in [1.29, 1.82) is 0 Å². The predicted octanol–water partition coefficient (Wildman–Crippen LogP) is 2.27. The Labute approximate surface area is 183 Å². The molecule has 166 valence electrons. The van der Waals surface area contributed by atoms with Gasteiger partial charge in [-0.25, -0.2) is 14.4 Å². The highest BCUT2D eigenvalue weighted by Crippen LogP contribution is 2.30. The van der Waals surface area contributed by atoms with Gasteiger partial charge >= 0.3 is 0 Å². The van der Waals surface area contributed by atoms with E-state index in [0.717, 1.165) is 16.0 Å². The number of aliphatic hydroxyl groups is 2. The molecule has 0 amide bonds. The first-order chi connectivity index (χ1) is 15.0. The van der Waals surface area contributed by atoms with Crippen LogP contribution >= 0.6 is 11.3 Å². The van der Waals surface area contributed by atoms with E-state index in [-0.39, 0.29) is 12.6 Å². The van der Waals surface area contributed by atoms with Crippen LogP contribution < -0.4 is 15.0 Å². The summed E-state index contributed by atoms with van der Waals surface area (Å²) in [6.07, 6.45) is 1.07. The first-order valence-corrected chi connectivity index (χ1v) is 11.0. The fraction of sp³-hybridized carbons (Fsp3) is 0.429. The third-order valence-corrected chi connectivity index (χ3v) is 6.37. The number of pyridine rings is 1. The van der Waals surface area contributed by atoms with Gasteiger partial charge < -0.3 is 25.2 Å². The van der Waals surface area contributed by atoms with Crippen molar-refractivity contribution in [2.75, 3.05) is 43.6 Å². The van der Waals surface area contributed by atoms with E-state index in [1.165, 1.54) is 17.4 Å². The van der Waals surface area contributed by atoms with E-state index in [9.17, 15) is 9.50 Å². The van der Waals surface area contributed by atoms with Gasteiger partial charge in [-0.1, -0.05) is 11.3 Å². The molecule has 1 fully saturated rings. The number of ether oxygens (including phenoxy) is 1. The highest BCUT2D eigenvalue weighted by atomic mass is 32.1. The van der Waals surface area contributed by atoms with E-state index in [1.54, 1.807) is 13.3 Å². The minimum Gasteiger partial charge on any atom is -0.497 e. The molecule has 3 N–H and O–H groups in total. The maximum atomic E-state index is 14.5. The van der Waals surface area contributed by atoms with E-state index in [4.69, 9.17) is 9.84 Å². The van der Waals surface area contributed by atoms with Crippen LogP contribution in [0.2, 0.25) is 0 Å². The van der Waals surface area contributed by atoms with Gasteiger partial charge in [-0.2, -0.15) is 0 Å². The molecule has 10 heteroatoms. The largest absolute Gasteiger partial charge is 0.497 e. The van der Waals surface area contributed by atoms with Crippen LogP contribution in [0, 0.1) is 5.82 Å². The minimum absolute atomic E-state index is 0.0379. The molecule has 2 aromatic heterocycles. The highest BCUT2D eigenvalue weighted by Gasteiger charge is 2.30. The molecular weight excluding hydrogens is 421 g/mol. The molecule has 0 saturated carbocycles. The number of halogens is 1. The smallest absolute Gasteiger partial charge is 0.186 e. The number of aromatic nitrogens is 2. The molecule has 1 aliphatic rings. The molecule has 0 radical (unpaired) electrons. The number of hydrogen-bond donors (Lipinski definition) is 3. The van der Waals surface area contributed by atoms with Gasteiger partial charge in [0.2, 0.25) is 0 Å². The number of anilines is 2. The number of piperazine rings is 1. The van der Waals surface area contributed by atoms with Crippen LogP contribution in [0.25, 0.3) is 10.2 Å². The molecule has 1 saturated heterocycles. The van der Waals surface area contributed by atoms with E-state index >= 15 is 0 Å². The Morgan fingerprint density at radius 2 is 2.19 bits per heavy atom. The van der Waals surface area contributed by atoms with E-state index < -0.39 is 12.2 Å². The van der Waals surface area contributed by atoms with Crippen molar-refractivity contribution in [3.8, 4) is 5.75 Å². The maximum absolute atomic E-state index is 14.5. The number of benzene rings is 1. The molecule has 0 bridgehead atoms. The van der Waals surface area contributed by atoms with Crippen molar-refractivity contribution in [3.63, 3.8) is 0 Å². The first kappa shape index (κ1) is 21.7. The van der Waals surface area contributed by atoms with Gasteiger partial charge in [0.1, 0.15) is 5.75 Å². The number of thiazole rings is 1. The topological polar surface area (TPSA) is 94.0 Å². The molecule has 4 rings (SSSR count). The Bertz CT molecular complexity index is 1050. The molecule has 2 atom stereocenters. The normalized spacial score (nSPS) is 18.4. The van der Waals surface area contributed by atoms with Crippen molar-refractivity contribution in [1.82, 2.24) is 14.9 Å². The zero-order chi connectivity index (χ0) is 22.0. The summed E-state index contributed by atoms with van der Waals surface area (Å²) < 4.78 is 20.7. The molecule has 1 aromatic carbocycles. The van der Waals surface area contributed by atoms with Gasteiger partial charge in [-0.3, -0.25) is 4.90 Å². The molecule has 31 heavy (non-hydrogen) atoms. The average molecular weight is 448 g/mol. The van der Waals surface area contributed by atoms with E-state index in [1.807, 2.05) is 34.9 Å². The summed E-state index contributed by atoms with van der Waals surface area (Å²) in [5, 5.41) is 23.5. The summed E-state index contributed by atoms with van der Waals surface area (Å²) >= 11 is 1.45.